The lowest BCUT2D eigenvalue weighted by Gasteiger charge is -2.46. The Morgan fingerprint density at radius 2 is 1.57 bits per heavy atom. The van der Waals surface area contributed by atoms with Gasteiger partial charge in [0.25, 0.3) is 18.4 Å². The lowest BCUT2D eigenvalue weighted by molar-refractivity contribution is -0.361. The van der Waals surface area contributed by atoms with Crippen molar-refractivity contribution in [2.45, 2.75) is 114 Å². The van der Waals surface area contributed by atoms with Gasteiger partial charge in [0.15, 0.2) is 12.1 Å². The van der Waals surface area contributed by atoms with Crippen LogP contribution in [-0.2, 0) is 32.9 Å². The van der Waals surface area contributed by atoms with Gasteiger partial charge < -0.3 is 23.7 Å². The first-order valence-electron chi connectivity index (χ1n) is 18.1. The minimum Gasteiger partial charge on any atom is -0.405 e. The average molecular weight is 759 g/mol. The Hall–Kier alpha value is -2.06. The molecule has 1 heterocycles. The summed E-state index contributed by atoms with van der Waals surface area (Å²) in [4.78, 5) is 0.135. The summed E-state index contributed by atoms with van der Waals surface area (Å²) in [6.45, 7) is 13.2. The average Bonchev–Trinajstić information content (AvgIpc) is 3.09. The number of unbranched alkanes of at least 4 members (excludes halogenated alkanes) is 1. The fraction of sp³-hybridized carbons (Fsp3) is 0.550. The molecule has 1 fully saturated rings. The van der Waals surface area contributed by atoms with E-state index in [2.05, 4.69) is 69.3 Å². The second kappa shape index (κ2) is 18.8. The van der Waals surface area contributed by atoms with Crippen LogP contribution < -0.4 is 10.4 Å². The van der Waals surface area contributed by atoms with E-state index in [0.29, 0.717) is 51.1 Å². The molecule has 3 aromatic carbocycles. The number of ether oxygens (including phenoxy) is 3. The fourth-order valence-electron chi connectivity index (χ4n) is 6.72. The molecule has 8 nitrogen and oxygen atoms in total. The van der Waals surface area contributed by atoms with Crippen molar-refractivity contribution in [3.8, 4) is 0 Å². The van der Waals surface area contributed by atoms with Gasteiger partial charge in [-0.3, -0.25) is 4.18 Å². The van der Waals surface area contributed by atoms with Crippen molar-refractivity contribution < 1.29 is 36.3 Å². The Morgan fingerprint density at radius 1 is 0.961 bits per heavy atom. The molecule has 1 aliphatic rings. The molecule has 0 aromatic heterocycles. The topological polar surface area (TPSA) is 101 Å². The minimum atomic E-state index is -3.85. The highest BCUT2D eigenvalue weighted by molar-refractivity contribution is 7.98. The second-order valence-electron chi connectivity index (χ2n) is 14.8. The molecule has 0 amide bonds. The third-order valence-electron chi connectivity index (χ3n) is 9.49. The molecule has 1 N–H and O–H groups in total. The molecule has 1 saturated heterocycles. The molecule has 282 valence electrons. The molecule has 4 unspecified atom stereocenters. The van der Waals surface area contributed by atoms with Gasteiger partial charge in [-0.15, -0.1) is 11.8 Å². The number of thioether (sulfide) groups is 1. The number of rotatable bonds is 17. The van der Waals surface area contributed by atoms with Crippen LogP contribution in [0.4, 0.5) is 0 Å². The molecular formula is C40H58O8S2Si. The van der Waals surface area contributed by atoms with Crippen LogP contribution in [0.2, 0.25) is 5.04 Å². The standard InChI is InChI=1S/C40H58O8S2Si/c1-31(2)38-47-33(29-46-51(39(4,5)6,35-18-10-8-11-19-35)36-20-12-9-13-21-36)17-16-27-40(48-38,44-30-49-7)37(41)22-14-15-28-45-50(42,43)34-25-23-32(3)24-26-34/h8-13,18-21,23-26,31,33,37-38,41H,14-17,22,27-30H2,1-7H3. The fourth-order valence-corrected chi connectivity index (χ4v) is 12.6. The largest absolute Gasteiger partial charge is 0.405 e. The zero-order valence-corrected chi connectivity index (χ0v) is 34.0. The molecular weight excluding hydrogens is 701 g/mol. The second-order valence-corrected chi connectivity index (χ2v) is 21.6. The molecule has 3 aromatic rings. The summed E-state index contributed by atoms with van der Waals surface area (Å²) in [5.41, 5.74) is 0.973. The number of hydrogen-bond acceptors (Lipinski definition) is 9. The minimum absolute atomic E-state index is 0.0210. The summed E-state index contributed by atoms with van der Waals surface area (Å²) in [6, 6.07) is 27.8. The predicted molar refractivity (Wildman–Crippen MR) is 208 cm³/mol. The van der Waals surface area contributed by atoms with Crippen molar-refractivity contribution in [2.75, 3.05) is 25.4 Å². The summed E-state index contributed by atoms with van der Waals surface area (Å²) >= 11 is 1.52. The van der Waals surface area contributed by atoms with Gasteiger partial charge in [-0.25, -0.2) is 0 Å². The van der Waals surface area contributed by atoms with Gasteiger partial charge in [0.05, 0.1) is 30.2 Å². The van der Waals surface area contributed by atoms with E-state index in [0.717, 1.165) is 5.56 Å². The van der Waals surface area contributed by atoms with Crippen LogP contribution in [0, 0.1) is 12.8 Å². The zero-order chi connectivity index (χ0) is 37.1. The van der Waals surface area contributed by atoms with E-state index >= 15 is 0 Å². The monoisotopic (exact) mass is 758 g/mol. The normalized spacial score (nSPS) is 21.3. The Bertz CT molecular complexity index is 1530. The molecule has 11 heteroatoms. The maximum Gasteiger partial charge on any atom is 0.296 e. The zero-order valence-electron chi connectivity index (χ0n) is 31.4. The van der Waals surface area contributed by atoms with Crippen molar-refractivity contribution in [3.05, 3.63) is 90.5 Å². The van der Waals surface area contributed by atoms with E-state index in [1.165, 1.54) is 22.1 Å². The van der Waals surface area contributed by atoms with Crippen molar-refractivity contribution in [3.63, 3.8) is 0 Å². The van der Waals surface area contributed by atoms with Gasteiger partial charge in [0.1, 0.15) is 6.10 Å². The predicted octanol–water partition coefficient (Wildman–Crippen LogP) is 7.41. The highest BCUT2D eigenvalue weighted by Crippen LogP contribution is 2.39. The first kappa shape index (κ1) is 41.7. The van der Waals surface area contributed by atoms with Crippen LogP contribution in [0.25, 0.3) is 0 Å². The van der Waals surface area contributed by atoms with E-state index in [1.807, 2.05) is 39.2 Å². The van der Waals surface area contributed by atoms with Crippen LogP contribution in [-0.4, -0.2) is 71.5 Å². The van der Waals surface area contributed by atoms with Gasteiger partial charge in [0, 0.05) is 12.3 Å². The summed E-state index contributed by atoms with van der Waals surface area (Å²) < 4.78 is 57.6. The summed E-state index contributed by atoms with van der Waals surface area (Å²) in [6.07, 6.45) is 3.36. The number of aliphatic hydroxyl groups excluding tert-OH is 1. The smallest absolute Gasteiger partial charge is 0.296 e. The van der Waals surface area contributed by atoms with E-state index in [9.17, 15) is 13.5 Å². The molecule has 4 atom stereocenters. The molecule has 0 saturated carbocycles. The number of benzene rings is 3. The van der Waals surface area contributed by atoms with Crippen molar-refractivity contribution in [1.82, 2.24) is 0 Å². The van der Waals surface area contributed by atoms with Crippen LogP contribution >= 0.6 is 11.8 Å². The number of aliphatic hydroxyl groups is 1. The van der Waals surface area contributed by atoms with Crippen molar-refractivity contribution >= 4 is 40.6 Å². The van der Waals surface area contributed by atoms with Gasteiger partial charge in [-0.05, 0) is 72.8 Å². The third kappa shape index (κ3) is 10.8. The molecule has 51 heavy (non-hydrogen) atoms. The van der Waals surface area contributed by atoms with Crippen molar-refractivity contribution in [2.24, 2.45) is 5.92 Å². The molecule has 0 spiro atoms. The van der Waals surface area contributed by atoms with E-state index in [1.54, 1.807) is 24.3 Å². The highest BCUT2D eigenvalue weighted by atomic mass is 32.2. The van der Waals surface area contributed by atoms with Crippen LogP contribution in [0.3, 0.4) is 0 Å². The lowest BCUT2D eigenvalue weighted by atomic mass is 9.96. The summed E-state index contributed by atoms with van der Waals surface area (Å²) in [7, 11) is -6.61. The molecule has 4 rings (SSSR count). The van der Waals surface area contributed by atoms with Crippen LogP contribution in [0.15, 0.2) is 89.8 Å². The first-order chi connectivity index (χ1) is 24.2. The Labute approximate surface area is 311 Å². The van der Waals surface area contributed by atoms with Crippen molar-refractivity contribution in [1.29, 1.82) is 0 Å². The Balaban J connectivity index is 1.46. The van der Waals surface area contributed by atoms with Crippen LogP contribution in [0.1, 0.15) is 78.7 Å². The maximum atomic E-state index is 12.6. The SMILES string of the molecule is CSCOC1(C(O)CCCCOS(=O)(=O)c2ccc(C)cc2)CCCC(CO[Si](c2ccccc2)(c2ccccc2)C(C)(C)C)OC(C(C)C)O1. The first-order valence-corrected chi connectivity index (χ1v) is 22.8. The maximum absolute atomic E-state index is 12.6. The third-order valence-corrected chi connectivity index (χ3v) is 16.2. The Kier molecular flexibility index (Phi) is 15.4. The summed E-state index contributed by atoms with van der Waals surface area (Å²) in [5.74, 6) is -0.945. The molecule has 0 radical (unpaired) electrons. The highest BCUT2D eigenvalue weighted by Gasteiger charge is 2.51. The number of aryl methyl sites for hydroxylation is 1. The lowest BCUT2D eigenvalue weighted by Crippen LogP contribution is -2.67. The number of hydrogen-bond donors (Lipinski definition) is 1. The van der Waals surface area contributed by atoms with E-state index in [4.69, 9.17) is 22.8 Å². The summed E-state index contributed by atoms with van der Waals surface area (Å²) in [5, 5.41) is 13.9. The molecule has 0 aliphatic carbocycles. The van der Waals surface area contributed by atoms with Crippen LogP contribution in [0.5, 0.6) is 0 Å². The molecule has 0 bridgehead atoms. The quantitative estimate of drug-likeness (QED) is 0.0653. The van der Waals surface area contributed by atoms with E-state index < -0.39 is 36.6 Å². The Morgan fingerprint density at radius 3 is 2.12 bits per heavy atom. The van der Waals surface area contributed by atoms with E-state index in [-0.39, 0.29) is 28.6 Å². The van der Waals surface area contributed by atoms with Gasteiger partial charge in [-0.2, -0.15) is 8.42 Å². The van der Waals surface area contributed by atoms with Gasteiger partial charge in [0.2, 0.25) is 0 Å². The van der Waals surface area contributed by atoms with Gasteiger partial charge >= 0.3 is 0 Å². The molecule has 1 aliphatic heterocycles. The van der Waals surface area contributed by atoms with Gasteiger partial charge in [-0.1, -0.05) is 113 Å².